The highest BCUT2D eigenvalue weighted by atomic mass is 19.1. The molecule has 0 aliphatic rings. The van der Waals surface area contributed by atoms with Gasteiger partial charge in [-0.15, -0.1) is 0 Å². The van der Waals surface area contributed by atoms with Gasteiger partial charge in [0, 0.05) is 0 Å². The zero-order valence-corrected chi connectivity index (χ0v) is 6.22. The fraction of sp³-hybridized carbons (Fsp3) is 0.125. The molecule has 0 spiro atoms. The van der Waals surface area contributed by atoms with Gasteiger partial charge in [-0.25, -0.2) is 9.18 Å². The number of carboxylic acid groups (broad SMARTS) is 1. The molecule has 11 heavy (non-hydrogen) atoms. The van der Waals surface area contributed by atoms with Gasteiger partial charge in [0.15, 0.2) is 0 Å². The Morgan fingerprint density at radius 2 is 2.00 bits per heavy atom. The van der Waals surface area contributed by atoms with Gasteiger partial charge in [-0.1, -0.05) is 13.2 Å². The van der Waals surface area contributed by atoms with Gasteiger partial charge in [-0.2, -0.15) is 0 Å². The van der Waals surface area contributed by atoms with Crippen LogP contribution in [0, 0.1) is 0 Å². The van der Waals surface area contributed by atoms with E-state index in [0.29, 0.717) is 5.57 Å². The third-order valence-electron chi connectivity index (χ3n) is 0.991. The van der Waals surface area contributed by atoms with Crippen LogP contribution in [0.4, 0.5) is 4.39 Å². The first kappa shape index (κ1) is 9.62. The summed E-state index contributed by atoms with van der Waals surface area (Å²) in [5.41, 5.74) is 0.147. The molecule has 0 saturated carbocycles. The maximum absolute atomic E-state index is 12.1. The van der Waals surface area contributed by atoms with Gasteiger partial charge in [0.2, 0.25) is 0 Å². The van der Waals surface area contributed by atoms with Crippen LogP contribution in [0.2, 0.25) is 0 Å². The van der Waals surface area contributed by atoms with Crippen LogP contribution < -0.4 is 0 Å². The minimum atomic E-state index is -1.20. The van der Waals surface area contributed by atoms with Gasteiger partial charge in [0.05, 0.1) is 5.57 Å². The number of carbonyl (C=O) groups is 1. The van der Waals surface area contributed by atoms with Crippen molar-refractivity contribution in [1.29, 1.82) is 0 Å². The number of halogens is 1. The van der Waals surface area contributed by atoms with Crippen LogP contribution in [0.25, 0.3) is 0 Å². The van der Waals surface area contributed by atoms with Gasteiger partial charge in [-0.3, -0.25) is 0 Å². The molecule has 0 atom stereocenters. The van der Waals surface area contributed by atoms with Crippen LogP contribution in [0.1, 0.15) is 6.92 Å². The first-order chi connectivity index (χ1) is 4.95. The fourth-order valence-electron chi connectivity index (χ4n) is 0.524. The van der Waals surface area contributed by atoms with E-state index in [1.54, 1.807) is 0 Å². The van der Waals surface area contributed by atoms with Crippen molar-refractivity contribution in [3.05, 3.63) is 36.2 Å². The first-order valence-corrected chi connectivity index (χ1v) is 2.90. The molecule has 0 saturated heterocycles. The second-order valence-electron chi connectivity index (χ2n) is 2.09. The molecule has 0 heterocycles. The van der Waals surface area contributed by atoms with Crippen molar-refractivity contribution < 1.29 is 14.3 Å². The quantitative estimate of drug-likeness (QED) is 0.501. The predicted octanol–water partition coefficient (Wildman–Crippen LogP) is 2.06. The summed E-state index contributed by atoms with van der Waals surface area (Å²) in [6.07, 6.45) is 0.838. The largest absolute Gasteiger partial charge is 0.478 e. The summed E-state index contributed by atoms with van der Waals surface area (Å²) < 4.78 is 12.1. The third kappa shape index (κ3) is 3.35. The molecule has 3 heteroatoms. The summed E-state index contributed by atoms with van der Waals surface area (Å²) in [7, 11) is 0. The van der Waals surface area contributed by atoms with Crippen molar-refractivity contribution in [1.82, 2.24) is 0 Å². The number of carboxylic acids is 1. The summed E-state index contributed by atoms with van der Waals surface area (Å²) in [4.78, 5) is 10.3. The van der Waals surface area contributed by atoms with Crippen LogP contribution >= 0.6 is 0 Å². The van der Waals surface area contributed by atoms with E-state index in [4.69, 9.17) is 5.11 Å². The Morgan fingerprint density at radius 3 is 2.09 bits per heavy atom. The number of hydrogen-bond acceptors (Lipinski definition) is 1. The standard InChI is InChI=1S/C8H9FO2/c1-5(2)7(8(10)11)4-6(3)9/h4H,1,3H2,2H3,(H,10,11)/b7-4+. The minimum Gasteiger partial charge on any atom is -0.478 e. The molecule has 2 nitrogen and oxygen atoms in total. The molecule has 0 fully saturated rings. The molecule has 1 N–H and O–H groups in total. The summed E-state index contributed by atoms with van der Waals surface area (Å²) >= 11 is 0. The molecule has 0 aromatic carbocycles. The van der Waals surface area contributed by atoms with Crippen LogP contribution in [-0.4, -0.2) is 11.1 Å². The molecule has 0 aromatic heterocycles. The predicted molar refractivity (Wildman–Crippen MR) is 40.8 cm³/mol. The molecule has 0 unspecified atom stereocenters. The monoisotopic (exact) mass is 156 g/mol. The normalized spacial score (nSPS) is 10.9. The Kier molecular flexibility index (Phi) is 3.24. The summed E-state index contributed by atoms with van der Waals surface area (Å²) in [6, 6.07) is 0. The second kappa shape index (κ2) is 3.71. The molecule has 0 aliphatic carbocycles. The lowest BCUT2D eigenvalue weighted by atomic mass is 10.1. The lowest BCUT2D eigenvalue weighted by Gasteiger charge is -1.97. The van der Waals surface area contributed by atoms with Gasteiger partial charge in [0.1, 0.15) is 5.83 Å². The number of hydrogen-bond donors (Lipinski definition) is 1. The lowest BCUT2D eigenvalue weighted by molar-refractivity contribution is -0.132. The zero-order valence-electron chi connectivity index (χ0n) is 6.22. The molecule has 0 bridgehead atoms. The van der Waals surface area contributed by atoms with Crippen molar-refractivity contribution in [2.24, 2.45) is 0 Å². The van der Waals surface area contributed by atoms with E-state index in [0.717, 1.165) is 6.08 Å². The molecule has 0 radical (unpaired) electrons. The van der Waals surface area contributed by atoms with Crippen molar-refractivity contribution in [3.63, 3.8) is 0 Å². The first-order valence-electron chi connectivity index (χ1n) is 2.90. The number of rotatable bonds is 3. The van der Waals surface area contributed by atoms with E-state index in [9.17, 15) is 9.18 Å². The highest BCUT2D eigenvalue weighted by Gasteiger charge is 2.07. The lowest BCUT2D eigenvalue weighted by Crippen LogP contribution is -2.00. The van der Waals surface area contributed by atoms with Crippen LogP contribution in [-0.2, 0) is 4.79 Å². The van der Waals surface area contributed by atoms with E-state index in [2.05, 4.69) is 13.2 Å². The average molecular weight is 156 g/mol. The van der Waals surface area contributed by atoms with Crippen LogP contribution in [0.15, 0.2) is 36.2 Å². The molecular formula is C8H9FO2. The fourth-order valence-corrected chi connectivity index (χ4v) is 0.524. The Bertz CT molecular complexity index is 222. The number of aliphatic carboxylic acids is 1. The molecule has 0 aromatic rings. The van der Waals surface area contributed by atoms with Crippen molar-refractivity contribution >= 4 is 5.97 Å². The maximum Gasteiger partial charge on any atom is 0.336 e. The zero-order chi connectivity index (χ0) is 9.02. The van der Waals surface area contributed by atoms with Crippen LogP contribution in [0.3, 0.4) is 0 Å². The average Bonchev–Trinajstić information content (AvgIpc) is 1.81. The Morgan fingerprint density at radius 1 is 1.55 bits per heavy atom. The van der Waals surface area contributed by atoms with E-state index in [1.165, 1.54) is 6.92 Å². The molecular weight excluding hydrogens is 147 g/mol. The Balaban J connectivity index is 4.75. The summed E-state index contributed by atoms with van der Waals surface area (Å²) in [6.45, 7) is 7.77. The number of allylic oxidation sites excluding steroid dienone is 2. The minimum absolute atomic E-state index is 0.155. The summed E-state index contributed by atoms with van der Waals surface area (Å²) in [5, 5.41) is 8.46. The van der Waals surface area contributed by atoms with Gasteiger partial charge >= 0.3 is 5.97 Å². The highest BCUT2D eigenvalue weighted by Crippen LogP contribution is 2.10. The molecule has 0 rings (SSSR count). The van der Waals surface area contributed by atoms with E-state index < -0.39 is 11.8 Å². The third-order valence-corrected chi connectivity index (χ3v) is 0.991. The molecule has 0 amide bonds. The summed E-state index contributed by atoms with van der Waals surface area (Å²) in [5.74, 6) is -1.98. The SMILES string of the molecule is C=C(F)/C=C(\C(=C)C)C(=O)O. The molecule has 60 valence electrons. The van der Waals surface area contributed by atoms with Crippen LogP contribution in [0.5, 0.6) is 0 Å². The van der Waals surface area contributed by atoms with Crippen molar-refractivity contribution in [2.45, 2.75) is 6.92 Å². The van der Waals surface area contributed by atoms with Gasteiger partial charge in [0.25, 0.3) is 0 Å². The van der Waals surface area contributed by atoms with E-state index in [1.807, 2.05) is 0 Å². The Hall–Kier alpha value is -1.38. The maximum atomic E-state index is 12.1. The topological polar surface area (TPSA) is 37.3 Å². The Labute approximate surface area is 64.3 Å². The van der Waals surface area contributed by atoms with Crippen molar-refractivity contribution in [2.75, 3.05) is 0 Å². The molecule has 0 aliphatic heterocycles. The van der Waals surface area contributed by atoms with E-state index >= 15 is 0 Å². The van der Waals surface area contributed by atoms with E-state index in [-0.39, 0.29) is 5.57 Å². The van der Waals surface area contributed by atoms with Gasteiger partial charge in [-0.05, 0) is 18.6 Å². The second-order valence-corrected chi connectivity index (χ2v) is 2.09. The highest BCUT2D eigenvalue weighted by molar-refractivity contribution is 5.91. The smallest absolute Gasteiger partial charge is 0.336 e. The van der Waals surface area contributed by atoms with Crippen molar-refractivity contribution in [3.8, 4) is 0 Å². The van der Waals surface area contributed by atoms with Gasteiger partial charge < -0.3 is 5.11 Å².